The third-order valence-electron chi connectivity index (χ3n) is 8.02. The molecule has 37 heavy (non-hydrogen) atoms. The minimum atomic E-state index is -0.502. The Kier molecular flexibility index (Phi) is 6.93. The second-order valence-electron chi connectivity index (χ2n) is 12.0. The van der Waals surface area contributed by atoms with E-state index >= 15 is 0 Å². The lowest BCUT2D eigenvalue weighted by atomic mass is 9.48. The number of carbonyl (C=O) groups is 1. The zero-order valence-electron chi connectivity index (χ0n) is 21.7. The quantitative estimate of drug-likeness (QED) is 0.424. The van der Waals surface area contributed by atoms with E-state index < -0.39 is 5.60 Å². The summed E-state index contributed by atoms with van der Waals surface area (Å²) in [6, 6.07) is 10.0. The van der Waals surface area contributed by atoms with Crippen molar-refractivity contribution < 1.29 is 9.53 Å². The predicted molar refractivity (Wildman–Crippen MR) is 143 cm³/mol. The average Bonchev–Trinajstić information content (AvgIpc) is 2.83. The van der Waals surface area contributed by atoms with E-state index in [0.29, 0.717) is 46.7 Å². The molecule has 3 unspecified atom stereocenters. The number of nitriles is 1. The Morgan fingerprint density at radius 1 is 1.19 bits per heavy atom. The molecule has 196 valence electrons. The first-order valence-corrected chi connectivity index (χ1v) is 13.5. The number of aromatic nitrogens is 2. The molecule has 6 rings (SSSR count). The van der Waals surface area contributed by atoms with Crippen LogP contribution in [0.2, 0.25) is 5.02 Å². The largest absolute Gasteiger partial charge is 0.444 e. The number of amides is 1. The van der Waals surface area contributed by atoms with Gasteiger partial charge in [-0.2, -0.15) is 10.2 Å². The average molecular weight is 523 g/mol. The van der Waals surface area contributed by atoms with Gasteiger partial charge >= 0.3 is 6.09 Å². The minimum absolute atomic E-state index is 0.144. The van der Waals surface area contributed by atoms with Crippen LogP contribution in [0.5, 0.6) is 0 Å². The van der Waals surface area contributed by atoms with Crippen LogP contribution in [0.15, 0.2) is 30.5 Å². The summed E-state index contributed by atoms with van der Waals surface area (Å²) in [7, 11) is 0. The smallest absolute Gasteiger partial charge is 0.407 e. The first-order valence-electron chi connectivity index (χ1n) is 13.1. The fraction of sp³-hybridized carbons (Fsp3) is 0.571. The van der Waals surface area contributed by atoms with Gasteiger partial charge < -0.3 is 20.7 Å². The van der Waals surface area contributed by atoms with Gasteiger partial charge in [0, 0.05) is 24.2 Å². The van der Waals surface area contributed by atoms with E-state index in [9.17, 15) is 10.1 Å². The van der Waals surface area contributed by atoms with E-state index in [4.69, 9.17) is 16.3 Å². The van der Waals surface area contributed by atoms with Gasteiger partial charge in [0.2, 0.25) is 5.95 Å². The Morgan fingerprint density at radius 3 is 2.59 bits per heavy atom. The zero-order valence-corrected chi connectivity index (χ0v) is 22.4. The number of alkyl carbamates (subject to hydrolysis) is 1. The van der Waals surface area contributed by atoms with E-state index in [2.05, 4.69) is 32.0 Å². The predicted octanol–water partition coefficient (Wildman–Crippen LogP) is 5.75. The number of hydrogen-bond acceptors (Lipinski definition) is 7. The molecule has 5 atom stereocenters. The van der Waals surface area contributed by atoms with Crippen molar-refractivity contribution in [2.75, 3.05) is 17.2 Å². The van der Waals surface area contributed by atoms with Gasteiger partial charge in [0.05, 0.1) is 6.20 Å². The summed E-state index contributed by atoms with van der Waals surface area (Å²) in [5.41, 5.74) is 1.02. The topological polar surface area (TPSA) is 112 Å². The molecule has 4 aliphatic carbocycles. The Balaban J connectivity index is 1.24. The SMILES string of the molecule is CC(C)(C)OC(=O)NC1[C@@H]2CC3C[C@H]1CC(CNc1nc(NCc4ccccc4Cl)ncc1C#N)(C3)C2. The van der Waals surface area contributed by atoms with Gasteiger partial charge in [-0.1, -0.05) is 29.8 Å². The van der Waals surface area contributed by atoms with Crippen molar-refractivity contribution in [3.63, 3.8) is 0 Å². The third kappa shape index (κ3) is 5.77. The van der Waals surface area contributed by atoms with Crippen LogP contribution in [-0.4, -0.2) is 34.2 Å². The second-order valence-corrected chi connectivity index (χ2v) is 12.4. The summed E-state index contributed by atoms with van der Waals surface area (Å²) in [6.07, 6.45) is 6.85. The van der Waals surface area contributed by atoms with E-state index in [-0.39, 0.29) is 17.6 Å². The molecule has 0 spiro atoms. The van der Waals surface area contributed by atoms with Gasteiger partial charge in [0.25, 0.3) is 0 Å². The first kappa shape index (κ1) is 25.6. The first-order chi connectivity index (χ1) is 17.6. The number of halogens is 1. The van der Waals surface area contributed by atoms with Crippen LogP contribution in [0, 0.1) is 34.5 Å². The molecule has 0 radical (unpaired) electrons. The molecule has 1 heterocycles. The van der Waals surface area contributed by atoms with Crippen LogP contribution in [0.25, 0.3) is 0 Å². The monoisotopic (exact) mass is 522 g/mol. The number of rotatable bonds is 7. The molecule has 1 aromatic heterocycles. The van der Waals surface area contributed by atoms with Crippen LogP contribution < -0.4 is 16.0 Å². The summed E-state index contributed by atoms with van der Waals surface area (Å²) >= 11 is 6.27. The third-order valence-corrected chi connectivity index (χ3v) is 8.39. The number of anilines is 2. The highest BCUT2D eigenvalue weighted by molar-refractivity contribution is 6.31. The van der Waals surface area contributed by atoms with E-state index in [1.54, 1.807) is 6.20 Å². The molecule has 0 saturated heterocycles. The summed E-state index contributed by atoms with van der Waals surface area (Å²) in [6.45, 7) is 6.93. The van der Waals surface area contributed by atoms with Gasteiger partial charge in [0.1, 0.15) is 23.1 Å². The number of nitrogens with one attached hydrogen (secondary N) is 3. The number of nitrogens with zero attached hydrogens (tertiary/aromatic N) is 3. The maximum atomic E-state index is 12.5. The fourth-order valence-corrected chi connectivity index (χ4v) is 7.06. The molecule has 4 fully saturated rings. The Hall–Kier alpha value is -3.05. The summed E-state index contributed by atoms with van der Waals surface area (Å²) < 4.78 is 5.55. The maximum absolute atomic E-state index is 12.5. The van der Waals surface area contributed by atoms with Crippen molar-refractivity contribution in [3.8, 4) is 6.07 Å². The summed E-state index contributed by atoms with van der Waals surface area (Å²) in [5.74, 6) is 2.60. The molecule has 8 nitrogen and oxygen atoms in total. The van der Waals surface area contributed by atoms with Gasteiger partial charge in [-0.25, -0.2) is 9.78 Å². The molecule has 4 bridgehead atoms. The van der Waals surface area contributed by atoms with E-state index in [1.807, 2.05) is 45.0 Å². The Labute approximate surface area is 223 Å². The van der Waals surface area contributed by atoms with Crippen molar-refractivity contribution in [2.45, 2.75) is 71.1 Å². The van der Waals surface area contributed by atoms with Gasteiger partial charge in [-0.05, 0) is 87.7 Å². The molecule has 4 aliphatic rings. The lowest BCUT2D eigenvalue weighted by Gasteiger charge is -2.60. The number of benzene rings is 1. The van der Waals surface area contributed by atoms with Gasteiger partial charge in [-0.15, -0.1) is 0 Å². The molecule has 0 aliphatic heterocycles. The van der Waals surface area contributed by atoms with Crippen molar-refractivity contribution >= 4 is 29.5 Å². The van der Waals surface area contributed by atoms with Crippen LogP contribution in [0.3, 0.4) is 0 Å². The highest BCUT2D eigenvalue weighted by Gasteiger charge is 2.55. The zero-order chi connectivity index (χ0) is 26.2. The number of hydrogen-bond donors (Lipinski definition) is 3. The summed E-state index contributed by atoms with van der Waals surface area (Å²) in [5, 5.41) is 20.3. The summed E-state index contributed by atoms with van der Waals surface area (Å²) in [4.78, 5) is 21.4. The standard InChI is InChI=1S/C28H35ClN6O2/c1-27(2,3)37-26(36)34-23-19-8-17-9-20(23)12-28(10-17,11-19)16-33-24-21(13-30)15-32-25(35-24)31-14-18-6-4-5-7-22(18)29/h4-7,15,17,19-20,23H,8-12,14,16H2,1-3H3,(H,34,36)(H2,31,32,33,35)/t17?,19-,20+,23?,28?. The van der Waals surface area contributed by atoms with Crippen LogP contribution in [0.1, 0.15) is 64.0 Å². The van der Waals surface area contributed by atoms with Crippen LogP contribution >= 0.6 is 11.6 Å². The number of carbonyl (C=O) groups excluding carboxylic acids is 1. The Morgan fingerprint density at radius 2 is 1.92 bits per heavy atom. The van der Waals surface area contributed by atoms with Gasteiger partial charge in [-0.3, -0.25) is 0 Å². The van der Waals surface area contributed by atoms with Crippen LogP contribution in [-0.2, 0) is 11.3 Å². The number of ether oxygens (including phenoxy) is 1. The van der Waals surface area contributed by atoms with Crippen molar-refractivity contribution in [1.29, 1.82) is 5.26 Å². The molecule has 4 saturated carbocycles. The lowest BCUT2D eigenvalue weighted by molar-refractivity contribution is -0.0703. The lowest BCUT2D eigenvalue weighted by Crippen LogP contribution is -2.60. The normalized spacial score (nSPS) is 27.9. The van der Waals surface area contributed by atoms with E-state index in [0.717, 1.165) is 37.8 Å². The second kappa shape index (κ2) is 10.0. The highest BCUT2D eigenvalue weighted by atomic mass is 35.5. The maximum Gasteiger partial charge on any atom is 0.407 e. The molecule has 9 heteroatoms. The molecule has 1 aromatic carbocycles. The molecule has 1 amide bonds. The van der Waals surface area contributed by atoms with E-state index in [1.165, 1.54) is 6.42 Å². The van der Waals surface area contributed by atoms with Crippen molar-refractivity contribution in [2.24, 2.45) is 23.2 Å². The van der Waals surface area contributed by atoms with Crippen molar-refractivity contribution in [1.82, 2.24) is 15.3 Å². The minimum Gasteiger partial charge on any atom is -0.444 e. The van der Waals surface area contributed by atoms with Crippen molar-refractivity contribution in [3.05, 3.63) is 46.6 Å². The van der Waals surface area contributed by atoms with Gasteiger partial charge in [0.15, 0.2) is 0 Å². The Bertz CT molecular complexity index is 1190. The fourth-order valence-electron chi connectivity index (χ4n) is 6.86. The molecular formula is C28H35ClN6O2. The molecule has 3 N–H and O–H groups in total. The molecular weight excluding hydrogens is 488 g/mol. The highest BCUT2D eigenvalue weighted by Crippen LogP contribution is 2.60. The molecule has 2 aromatic rings. The van der Waals surface area contributed by atoms with Crippen LogP contribution in [0.4, 0.5) is 16.6 Å².